The summed E-state index contributed by atoms with van der Waals surface area (Å²) in [5.74, 6) is 0.456. The van der Waals surface area contributed by atoms with Crippen molar-refractivity contribution in [2.45, 2.75) is 25.2 Å². The molecule has 0 aliphatic carbocycles. The van der Waals surface area contributed by atoms with Crippen molar-refractivity contribution in [3.8, 4) is 0 Å². The number of hydrogen-bond acceptors (Lipinski definition) is 5. The first-order chi connectivity index (χ1) is 9.94. The van der Waals surface area contributed by atoms with Crippen LogP contribution in [0.3, 0.4) is 0 Å². The van der Waals surface area contributed by atoms with Crippen LogP contribution in [0.5, 0.6) is 0 Å². The molecule has 0 radical (unpaired) electrons. The van der Waals surface area contributed by atoms with Gasteiger partial charge in [-0.05, 0) is 32.1 Å². The molecule has 0 bridgehead atoms. The molecule has 2 N–H and O–H groups in total. The van der Waals surface area contributed by atoms with Crippen molar-refractivity contribution in [2.75, 3.05) is 38.5 Å². The predicted octanol–water partition coefficient (Wildman–Crippen LogP) is 1.79. The van der Waals surface area contributed by atoms with E-state index in [0.29, 0.717) is 12.4 Å². The maximum Gasteiger partial charge on any atom is 0.242 e. The van der Waals surface area contributed by atoms with Gasteiger partial charge >= 0.3 is 0 Å². The Morgan fingerprint density at radius 3 is 2.52 bits per heavy atom. The van der Waals surface area contributed by atoms with Crippen LogP contribution >= 0.6 is 11.6 Å². The predicted molar refractivity (Wildman–Crippen MR) is 86.4 cm³/mol. The minimum atomic E-state index is -3.56. The molecule has 0 aromatic carbocycles. The molecule has 6 nitrogen and oxygen atoms in total. The molecule has 120 valence electrons. The molecule has 1 aromatic heterocycles. The van der Waals surface area contributed by atoms with E-state index in [4.69, 9.17) is 11.6 Å². The average molecular weight is 335 g/mol. The number of nitrogens with zero attached hydrogens (tertiary/aromatic N) is 2. The maximum atomic E-state index is 12.1. The second-order valence-corrected chi connectivity index (χ2v) is 6.70. The monoisotopic (exact) mass is 334 g/mol. The number of sulfonamides is 1. The second kappa shape index (κ2) is 8.53. The van der Waals surface area contributed by atoms with Crippen LogP contribution in [-0.4, -0.2) is 51.5 Å². The maximum absolute atomic E-state index is 12.1. The molecular formula is C13H23ClN4O2S. The molecule has 0 spiro atoms. The third kappa shape index (κ3) is 5.43. The van der Waals surface area contributed by atoms with Gasteiger partial charge in [0.25, 0.3) is 0 Å². The lowest BCUT2D eigenvalue weighted by Gasteiger charge is -2.17. The van der Waals surface area contributed by atoms with Crippen LogP contribution in [0.1, 0.15) is 20.3 Å². The van der Waals surface area contributed by atoms with Gasteiger partial charge < -0.3 is 10.2 Å². The molecule has 0 saturated carbocycles. The first-order valence-corrected chi connectivity index (χ1v) is 8.86. The van der Waals surface area contributed by atoms with Crippen molar-refractivity contribution in [2.24, 2.45) is 0 Å². The van der Waals surface area contributed by atoms with E-state index in [1.165, 1.54) is 12.3 Å². The Morgan fingerprint density at radius 1 is 1.33 bits per heavy atom. The molecule has 21 heavy (non-hydrogen) atoms. The van der Waals surface area contributed by atoms with E-state index in [-0.39, 0.29) is 9.92 Å². The highest BCUT2D eigenvalue weighted by Gasteiger charge is 2.15. The highest BCUT2D eigenvalue weighted by Crippen LogP contribution is 2.21. The fraction of sp³-hybridized carbons (Fsp3) is 0.615. The zero-order chi connectivity index (χ0) is 15.9. The second-order valence-electron chi connectivity index (χ2n) is 4.53. The lowest BCUT2D eigenvalue weighted by molar-refractivity contribution is 0.300. The molecule has 0 saturated heterocycles. The normalized spacial score (nSPS) is 11.9. The van der Waals surface area contributed by atoms with E-state index in [1.807, 2.05) is 0 Å². The minimum absolute atomic E-state index is 0.0781. The molecule has 1 heterocycles. The van der Waals surface area contributed by atoms with Gasteiger partial charge in [-0.2, -0.15) is 0 Å². The SMILES string of the molecule is CCN(CC)CCCNS(=O)(=O)c1cnc(NC)c(Cl)c1. The van der Waals surface area contributed by atoms with E-state index in [2.05, 4.69) is 33.8 Å². The van der Waals surface area contributed by atoms with Crippen LogP contribution in [0.15, 0.2) is 17.2 Å². The number of nitrogens with one attached hydrogen (secondary N) is 2. The molecular weight excluding hydrogens is 312 g/mol. The van der Waals surface area contributed by atoms with Crippen molar-refractivity contribution < 1.29 is 8.42 Å². The summed E-state index contributed by atoms with van der Waals surface area (Å²) in [6, 6.07) is 1.40. The Kier molecular flexibility index (Phi) is 7.37. The number of anilines is 1. The zero-order valence-electron chi connectivity index (χ0n) is 12.7. The quantitative estimate of drug-likeness (QED) is 0.673. The van der Waals surface area contributed by atoms with E-state index in [1.54, 1.807) is 7.05 Å². The summed E-state index contributed by atoms with van der Waals surface area (Å²) >= 11 is 5.95. The Hall–Kier alpha value is -0.890. The minimum Gasteiger partial charge on any atom is -0.372 e. The number of rotatable bonds is 9. The van der Waals surface area contributed by atoms with E-state index in [9.17, 15) is 8.42 Å². The van der Waals surface area contributed by atoms with Gasteiger partial charge in [-0.3, -0.25) is 0 Å². The standard InChI is InChI=1S/C13H23ClN4O2S/c1-4-18(5-2)8-6-7-17-21(19,20)11-9-12(14)13(15-3)16-10-11/h9-10,17H,4-8H2,1-3H3,(H,15,16). The lowest BCUT2D eigenvalue weighted by Crippen LogP contribution is -2.30. The smallest absolute Gasteiger partial charge is 0.242 e. The number of halogens is 1. The molecule has 0 aliphatic heterocycles. The highest BCUT2D eigenvalue weighted by atomic mass is 35.5. The Balaban J connectivity index is 2.59. The van der Waals surface area contributed by atoms with Gasteiger partial charge in [-0.25, -0.2) is 18.1 Å². The Bertz CT molecular complexity index is 547. The van der Waals surface area contributed by atoms with Gasteiger partial charge in [0.05, 0.1) is 5.02 Å². The summed E-state index contributed by atoms with van der Waals surface area (Å²) in [5, 5.41) is 3.07. The van der Waals surface area contributed by atoms with Gasteiger partial charge in [0.1, 0.15) is 10.7 Å². The molecule has 0 unspecified atom stereocenters. The summed E-state index contributed by atoms with van der Waals surface area (Å²) in [4.78, 5) is 6.30. The highest BCUT2D eigenvalue weighted by molar-refractivity contribution is 7.89. The van der Waals surface area contributed by atoms with Crippen LogP contribution in [0, 0.1) is 0 Å². The summed E-state index contributed by atoms with van der Waals surface area (Å²) in [5.41, 5.74) is 0. The van der Waals surface area contributed by atoms with Crippen molar-refractivity contribution in [1.29, 1.82) is 0 Å². The van der Waals surface area contributed by atoms with Gasteiger partial charge in [-0.15, -0.1) is 0 Å². The van der Waals surface area contributed by atoms with Gasteiger partial charge in [0, 0.05) is 19.8 Å². The van der Waals surface area contributed by atoms with Crippen molar-refractivity contribution in [3.05, 3.63) is 17.3 Å². The van der Waals surface area contributed by atoms with Crippen LogP contribution in [0.25, 0.3) is 0 Å². The number of aromatic nitrogens is 1. The van der Waals surface area contributed by atoms with Crippen LogP contribution in [0.2, 0.25) is 5.02 Å². The van der Waals surface area contributed by atoms with Crippen molar-refractivity contribution in [1.82, 2.24) is 14.6 Å². The zero-order valence-corrected chi connectivity index (χ0v) is 14.3. The van der Waals surface area contributed by atoms with Gasteiger partial charge in [0.2, 0.25) is 10.0 Å². The Morgan fingerprint density at radius 2 is 2.00 bits per heavy atom. The van der Waals surface area contributed by atoms with Crippen molar-refractivity contribution in [3.63, 3.8) is 0 Å². The topological polar surface area (TPSA) is 74.3 Å². The first-order valence-electron chi connectivity index (χ1n) is 6.99. The van der Waals surface area contributed by atoms with E-state index >= 15 is 0 Å². The molecule has 1 aromatic rings. The third-order valence-corrected chi connectivity index (χ3v) is 4.92. The van der Waals surface area contributed by atoms with Gasteiger partial charge in [0.15, 0.2) is 0 Å². The fourth-order valence-electron chi connectivity index (χ4n) is 1.88. The van der Waals surface area contributed by atoms with Crippen LogP contribution in [0.4, 0.5) is 5.82 Å². The Labute approximate surface area is 131 Å². The summed E-state index contributed by atoms with van der Waals surface area (Å²) in [7, 11) is -1.89. The molecule has 0 fully saturated rings. The van der Waals surface area contributed by atoms with Gasteiger partial charge in [-0.1, -0.05) is 25.4 Å². The molecule has 8 heteroatoms. The molecule has 0 atom stereocenters. The van der Waals surface area contributed by atoms with Crippen LogP contribution in [-0.2, 0) is 10.0 Å². The summed E-state index contributed by atoms with van der Waals surface area (Å²) in [6.45, 7) is 7.37. The summed E-state index contributed by atoms with van der Waals surface area (Å²) < 4.78 is 26.8. The van der Waals surface area contributed by atoms with E-state index < -0.39 is 10.0 Å². The lowest BCUT2D eigenvalue weighted by atomic mass is 10.4. The van der Waals surface area contributed by atoms with E-state index in [0.717, 1.165) is 26.1 Å². The average Bonchev–Trinajstić information content (AvgIpc) is 2.47. The first kappa shape index (κ1) is 18.2. The fourth-order valence-corrected chi connectivity index (χ4v) is 3.25. The van der Waals surface area contributed by atoms with Crippen LogP contribution < -0.4 is 10.0 Å². The number of hydrogen-bond donors (Lipinski definition) is 2. The summed E-state index contributed by atoms with van der Waals surface area (Å²) in [6.07, 6.45) is 2.06. The number of pyridine rings is 1. The third-order valence-electron chi connectivity index (χ3n) is 3.20. The molecule has 0 aliphatic rings. The molecule has 1 rings (SSSR count). The molecule has 0 amide bonds. The van der Waals surface area contributed by atoms with Crippen molar-refractivity contribution >= 4 is 27.4 Å². The largest absolute Gasteiger partial charge is 0.372 e.